The summed E-state index contributed by atoms with van der Waals surface area (Å²) in [6.45, 7) is 10.2. The minimum Gasteiger partial charge on any atom is -0.378 e. The van der Waals surface area contributed by atoms with Gasteiger partial charge in [-0.3, -0.25) is 4.90 Å². The predicted octanol–water partition coefficient (Wildman–Crippen LogP) is 1.20. The first-order valence-electron chi connectivity index (χ1n) is 7.04. The number of hydrogen-bond acceptors (Lipinski definition) is 6. The fourth-order valence-electron chi connectivity index (χ4n) is 2.65. The van der Waals surface area contributed by atoms with E-state index in [0.717, 1.165) is 57.6 Å². The second-order valence-corrected chi connectivity index (χ2v) is 6.39. The SMILES string of the molecule is C[C@@H]1CN(Cc2cnc(N3CCOCC3)s2)CCN1.Cl. The first-order chi connectivity index (χ1) is 9.31. The molecule has 0 amide bonds. The first-order valence-corrected chi connectivity index (χ1v) is 7.86. The van der Waals surface area contributed by atoms with Crippen molar-refractivity contribution in [1.82, 2.24) is 15.2 Å². The van der Waals surface area contributed by atoms with Gasteiger partial charge in [-0.1, -0.05) is 0 Å². The maximum atomic E-state index is 5.38. The van der Waals surface area contributed by atoms with Crippen molar-refractivity contribution in [3.8, 4) is 0 Å². The number of nitrogens with zero attached hydrogens (tertiary/aromatic N) is 3. The molecule has 2 aliphatic rings. The van der Waals surface area contributed by atoms with Crippen LogP contribution in [-0.2, 0) is 11.3 Å². The van der Waals surface area contributed by atoms with Crippen LogP contribution in [0.1, 0.15) is 11.8 Å². The molecular formula is C13H23ClN4OS. The Bertz CT molecular complexity index is 411. The highest BCUT2D eigenvalue weighted by Crippen LogP contribution is 2.24. The zero-order valence-electron chi connectivity index (χ0n) is 11.9. The summed E-state index contributed by atoms with van der Waals surface area (Å²) in [4.78, 5) is 10.8. The summed E-state index contributed by atoms with van der Waals surface area (Å²) in [7, 11) is 0. The average Bonchev–Trinajstić information content (AvgIpc) is 2.88. The van der Waals surface area contributed by atoms with Crippen molar-refractivity contribution in [2.75, 3.05) is 50.8 Å². The molecule has 5 nitrogen and oxygen atoms in total. The number of rotatable bonds is 3. The van der Waals surface area contributed by atoms with Crippen LogP contribution >= 0.6 is 23.7 Å². The number of halogens is 1. The maximum absolute atomic E-state index is 5.38. The van der Waals surface area contributed by atoms with Gasteiger partial charge < -0.3 is 15.0 Å². The maximum Gasteiger partial charge on any atom is 0.185 e. The second-order valence-electron chi connectivity index (χ2n) is 5.30. The first kappa shape index (κ1) is 16.0. The van der Waals surface area contributed by atoms with Crippen molar-refractivity contribution >= 4 is 28.9 Å². The largest absolute Gasteiger partial charge is 0.378 e. The molecule has 0 unspecified atom stereocenters. The highest BCUT2D eigenvalue weighted by molar-refractivity contribution is 7.15. The Kier molecular flexibility index (Phi) is 6.04. The van der Waals surface area contributed by atoms with Gasteiger partial charge in [0.2, 0.25) is 0 Å². The molecule has 2 aliphatic heterocycles. The summed E-state index contributed by atoms with van der Waals surface area (Å²) in [5.74, 6) is 0. The molecule has 0 aliphatic carbocycles. The zero-order chi connectivity index (χ0) is 13.1. The van der Waals surface area contributed by atoms with Crippen molar-refractivity contribution in [3.05, 3.63) is 11.1 Å². The molecule has 114 valence electrons. The van der Waals surface area contributed by atoms with Gasteiger partial charge in [0.25, 0.3) is 0 Å². The monoisotopic (exact) mass is 318 g/mol. The van der Waals surface area contributed by atoms with E-state index in [1.807, 2.05) is 17.5 Å². The number of ether oxygens (including phenoxy) is 1. The minimum atomic E-state index is 0. The van der Waals surface area contributed by atoms with Crippen LogP contribution in [0.5, 0.6) is 0 Å². The van der Waals surface area contributed by atoms with Gasteiger partial charge in [0.15, 0.2) is 5.13 Å². The molecular weight excluding hydrogens is 296 g/mol. The van der Waals surface area contributed by atoms with Gasteiger partial charge in [-0.05, 0) is 6.92 Å². The fraction of sp³-hybridized carbons (Fsp3) is 0.769. The minimum absolute atomic E-state index is 0. The molecule has 0 aromatic carbocycles. The molecule has 3 rings (SSSR count). The van der Waals surface area contributed by atoms with E-state index in [1.54, 1.807) is 0 Å². The van der Waals surface area contributed by atoms with Gasteiger partial charge in [-0.15, -0.1) is 23.7 Å². The summed E-state index contributed by atoms with van der Waals surface area (Å²) in [5, 5.41) is 4.63. The topological polar surface area (TPSA) is 40.6 Å². The van der Waals surface area contributed by atoms with Crippen molar-refractivity contribution in [2.24, 2.45) is 0 Å². The van der Waals surface area contributed by atoms with Crippen LogP contribution in [0.15, 0.2) is 6.20 Å². The van der Waals surface area contributed by atoms with Crippen molar-refractivity contribution in [2.45, 2.75) is 19.5 Å². The number of aromatic nitrogens is 1. The van der Waals surface area contributed by atoms with Gasteiger partial charge in [-0.2, -0.15) is 0 Å². The molecule has 0 bridgehead atoms. The molecule has 2 saturated heterocycles. The third-order valence-corrected chi connectivity index (χ3v) is 4.70. The van der Waals surface area contributed by atoms with E-state index in [1.165, 1.54) is 4.88 Å². The van der Waals surface area contributed by atoms with E-state index in [9.17, 15) is 0 Å². The normalized spacial score (nSPS) is 24.4. The Morgan fingerprint density at radius 1 is 1.40 bits per heavy atom. The van der Waals surface area contributed by atoms with Gasteiger partial charge in [0.05, 0.1) is 13.2 Å². The van der Waals surface area contributed by atoms with Crippen LogP contribution in [0.25, 0.3) is 0 Å². The van der Waals surface area contributed by atoms with Gasteiger partial charge in [-0.25, -0.2) is 4.98 Å². The molecule has 1 N–H and O–H groups in total. The number of anilines is 1. The number of morpholine rings is 1. The average molecular weight is 319 g/mol. The number of piperazine rings is 1. The van der Waals surface area contributed by atoms with Crippen LogP contribution < -0.4 is 10.2 Å². The third kappa shape index (κ3) is 4.05. The van der Waals surface area contributed by atoms with Crippen LogP contribution in [0.3, 0.4) is 0 Å². The van der Waals surface area contributed by atoms with E-state index in [4.69, 9.17) is 4.74 Å². The Morgan fingerprint density at radius 2 is 2.20 bits per heavy atom. The lowest BCUT2D eigenvalue weighted by atomic mass is 10.2. The van der Waals surface area contributed by atoms with E-state index in [-0.39, 0.29) is 12.4 Å². The molecule has 0 radical (unpaired) electrons. The Morgan fingerprint density at radius 3 is 2.95 bits per heavy atom. The molecule has 0 spiro atoms. The molecule has 1 aromatic heterocycles. The zero-order valence-corrected chi connectivity index (χ0v) is 13.5. The molecule has 20 heavy (non-hydrogen) atoms. The molecule has 2 fully saturated rings. The predicted molar refractivity (Wildman–Crippen MR) is 85.1 cm³/mol. The van der Waals surface area contributed by atoms with Gasteiger partial charge in [0, 0.05) is 56.4 Å². The quantitative estimate of drug-likeness (QED) is 0.907. The fourth-order valence-corrected chi connectivity index (χ4v) is 3.65. The number of hydrogen-bond donors (Lipinski definition) is 1. The highest BCUT2D eigenvalue weighted by Gasteiger charge is 2.18. The lowest BCUT2D eigenvalue weighted by Gasteiger charge is -2.31. The summed E-state index contributed by atoms with van der Waals surface area (Å²) in [6, 6.07) is 0.598. The highest BCUT2D eigenvalue weighted by atomic mass is 35.5. The van der Waals surface area contributed by atoms with Crippen LogP contribution in [-0.4, -0.2) is 61.9 Å². The Hall–Kier alpha value is -0.400. The lowest BCUT2D eigenvalue weighted by molar-refractivity contribution is 0.122. The lowest BCUT2D eigenvalue weighted by Crippen LogP contribution is -2.48. The van der Waals surface area contributed by atoms with E-state index in [2.05, 4.69) is 27.0 Å². The molecule has 0 saturated carbocycles. The smallest absolute Gasteiger partial charge is 0.185 e. The van der Waals surface area contributed by atoms with Gasteiger partial charge >= 0.3 is 0 Å². The summed E-state index contributed by atoms with van der Waals surface area (Å²) >= 11 is 1.83. The van der Waals surface area contributed by atoms with Crippen molar-refractivity contribution < 1.29 is 4.74 Å². The third-order valence-electron chi connectivity index (χ3n) is 3.66. The van der Waals surface area contributed by atoms with E-state index >= 15 is 0 Å². The van der Waals surface area contributed by atoms with Crippen LogP contribution in [0.4, 0.5) is 5.13 Å². The van der Waals surface area contributed by atoms with Gasteiger partial charge in [0.1, 0.15) is 0 Å². The Balaban J connectivity index is 0.00000147. The second kappa shape index (κ2) is 7.56. The summed E-state index contributed by atoms with van der Waals surface area (Å²) < 4.78 is 5.38. The Labute approximate surface area is 130 Å². The number of nitrogens with one attached hydrogen (secondary N) is 1. The standard InChI is InChI=1S/C13H22N4OS.ClH/c1-11-9-16(3-2-14-11)10-12-8-15-13(19-12)17-4-6-18-7-5-17;/h8,11,14H,2-7,9-10H2,1H3;1H/t11-;/m1./s1. The van der Waals surface area contributed by atoms with Crippen LogP contribution in [0.2, 0.25) is 0 Å². The van der Waals surface area contributed by atoms with Crippen molar-refractivity contribution in [1.29, 1.82) is 0 Å². The molecule has 1 atom stereocenters. The number of thiazole rings is 1. The molecule has 1 aromatic rings. The van der Waals surface area contributed by atoms with Crippen LogP contribution in [0, 0.1) is 0 Å². The summed E-state index contributed by atoms with van der Waals surface area (Å²) in [6.07, 6.45) is 2.04. The van der Waals surface area contributed by atoms with E-state index in [0.29, 0.717) is 6.04 Å². The molecule has 3 heterocycles. The van der Waals surface area contributed by atoms with E-state index < -0.39 is 0 Å². The van der Waals surface area contributed by atoms with Crippen molar-refractivity contribution in [3.63, 3.8) is 0 Å². The molecule has 7 heteroatoms. The summed E-state index contributed by atoms with van der Waals surface area (Å²) in [5.41, 5.74) is 0.